The van der Waals surface area contributed by atoms with Crippen LogP contribution in [0, 0.1) is 0 Å². The van der Waals surface area contributed by atoms with Crippen molar-refractivity contribution in [2.45, 2.75) is 12.8 Å². The van der Waals surface area contributed by atoms with Gasteiger partial charge in [-0.1, -0.05) is 23.7 Å². The molecule has 30 heavy (non-hydrogen) atoms. The van der Waals surface area contributed by atoms with Gasteiger partial charge in [0.15, 0.2) is 0 Å². The second kappa shape index (κ2) is 7.95. The minimum atomic E-state index is 0.0379. The van der Waals surface area contributed by atoms with Crippen LogP contribution in [0.4, 0.5) is 5.82 Å². The number of aromatic amines is 1. The molecule has 0 unspecified atom stereocenters. The van der Waals surface area contributed by atoms with Gasteiger partial charge < -0.3 is 14.8 Å². The molecule has 2 N–H and O–H groups in total. The Balaban J connectivity index is 1.37. The van der Waals surface area contributed by atoms with Crippen molar-refractivity contribution >= 4 is 40.3 Å². The van der Waals surface area contributed by atoms with E-state index in [4.69, 9.17) is 11.6 Å². The first-order valence-corrected chi connectivity index (χ1v) is 10.5. The summed E-state index contributed by atoms with van der Waals surface area (Å²) in [5, 5.41) is 3.46. The lowest BCUT2D eigenvalue weighted by molar-refractivity contribution is -0.120. The van der Waals surface area contributed by atoms with Gasteiger partial charge >= 0.3 is 0 Å². The van der Waals surface area contributed by atoms with E-state index >= 15 is 0 Å². The van der Waals surface area contributed by atoms with Crippen LogP contribution in [-0.2, 0) is 4.79 Å². The summed E-state index contributed by atoms with van der Waals surface area (Å²) in [6, 6.07) is 9.91. The van der Waals surface area contributed by atoms with Gasteiger partial charge in [0.1, 0.15) is 11.6 Å². The highest BCUT2D eigenvalue weighted by molar-refractivity contribution is 6.33. The van der Waals surface area contributed by atoms with Gasteiger partial charge in [-0.3, -0.25) is 15.1 Å². The number of guanidine groups is 1. The predicted molar refractivity (Wildman–Crippen MR) is 118 cm³/mol. The molecule has 0 bridgehead atoms. The summed E-state index contributed by atoms with van der Waals surface area (Å²) in [6.45, 7) is 3.82. The third-order valence-electron chi connectivity index (χ3n) is 5.46. The zero-order valence-electron chi connectivity index (χ0n) is 16.4. The van der Waals surface area contributed by atoms with Crippen LogP contribution in [0.2, 0.25) is 5.02 Å². The Morgan fingerprint density at radius 2 is 1.90 bits per heavy atom. The molecule has 1 amide bonds. The number of aliphatic imine (C=N–C) groups is 1. The number of hydrogen-bond donors (Lipinski definition) is 2. The van der Waals surface area contributed by atoms with Gasteiger partial charge in [-0.05, 0) is 24.6 Å². The molecule has 0 radical (unpaired) electrons. The summed E-state index contributed by atoms with van der Waals surface area (Å²) in [6.07, 6.45) is 3.09. The highest BCUT2D eigenvalue weighted by Gasteiger charge is 2.22. The van der Waals surface area contributed by atoms with E-state index in [9.17, 15) is 4.79 Å². The molecule has 5 rings (SSSR count). The molecule has 0 atom stereocenters. The molecule has 2 aromatic heterocycles. The van der Waals surface area contributed by atoms with Gasteiger partial charge in [0.05, 0.1) is 22.6 Å². The minimum absolute atomic E-state index is 0.0379. The molecule has 4 heterocycles. The average molecular weight is 424 g/mol. The van der Waals surface area contributed by atoms with E-state index in [2.05, 4.69) is 35.1 Å². The van der Waals surface area contributed by atoms with Crippen molar-refractivity contribution in [3.05, 3.63) is 41.6 Å². The first-order chi connectivity index (χ1) is 14.7. The second-order valence-electron chi connectivity index (χ2n) is 7.46. The maximum atomic E-state index is 11.7. The van der Waals surface area contributed by atoms with Crippen LogP contribution in [0.25, 0.3) is 22.4 Å². The van der Waals surface area contributed by atoms with Gasteiger partial charge in [-0.25, -0.2) is 9.97 Å². The Hall–Kier alpha value is -3.13. The molecule has 0 spiro atoms. The number of amides is 1. The average Bonchev–Trinajstić information content (AvgIpc) is 3.03. The number of nitrogens with one attached hydrogen (secondary N) is 2. The number of fused-ring (bicyclic) bond motifs is 1. The van der Waals surface area contributed by atoms with Gasteiger partial charge in [0, 0.05) is 44.4 Å². The second-order valence-corrected chi connectivity index (χ2v) is 7.86. The molecule has 0 saturated carbocycles. The molecule has 2 aliphatic heterocycles. The van der Waals surface area contributed by atoms with Gasteiger partial charge in [-0.15, -0.1) is 0 Å². The molecular weight excluding hydrogens is 402 g/mol. The number of imidazole rings is 1. The van der Waals surface area contributed by atoms with E-state index in [1.807, 2.05) is 30.3 Å². The van der Waals surface area contributed by atoms with Crippen molar-refractivity contribution in [1.29, 1.82) is 0 Å². The van der Waals surface area contributed by atoms with Crippen LogP contribution in [0.5, 0.6) is 0 Å². The number of para-hydroxylation sites is 2. The summed E-state index contributed by atoms with van der Waals surface area (Å²) < 4.78 is 0. The molecule has 8 nitrogen and oxygen atoms in total. The highest BCUT2D eigenvalue weighted by atomic mass is 35.5. The van der Waals surface area contributed by atoms with Gasteiger partial charge in [0.2, 0.25) is 11.9 Å². The third-order valence-corrected chi connectivity index (χ3v) is 5.76. The van der Waals surface area contributed by atoms with Crippen molar-refractivity contribution in [3.63, 3.8) is 0 Å². The van der Waals surface area contributed by atoms with Gasteiger partial charge in [-0.2, -0.15) is 0 Å². The normalized spacial score (nSPS) is 17.6. The molecule has 3 aromatic rings. The van der Waals surface area contributed by atoms with Crippen LogP contribution < -0.4 is 10.2 Å². The van der Waals surface area contributed by atoms with Gasteiger partial charge in [0.25, 0.3) is 0 Å². The Morgan fingerprint density at radius 3 is 2.77 bits per heavy atom. The molecule has 154 valence electrons. The fourth-order valence-electron chi connectivity index (χ4n) is 3.89. The molecule has 2 aliphatic rings. The SMILES string of the molecule is O=C1CCN=C(N2CCCN(c3cc(-c4nc5ccccc5[nH]4)c(Cl)cn3)CC2)N1. The van der Waals surface area contributed by atoms with E-state index in [1.54, 1.807) is 6.20 Å². The van der Waals surface area contributed by atoms with E-state index in [0.717, 1.165) is 60.8 Å². The largest absolute Gasteiger partial charge is 0.355 e. The number of carbonyl (C=O) groups excluding carboxylic acids is 1. The first kappa shape index (κ1) is 18.9. The molecular formula is C21H22ClN7O. The fourth-order valence-corrected chi connectivity index (χ4v) is 4.08. The summed E-state index contributed by atoms with van der Waals surface area (Å²) >= 11 is 6.46. The Morgan fingerprint density at radius 1 is 1.07 bits per heavy atom. The number of aromatic nitrogens is 3. The van der Waals surface area contributed by atoms with Crippen LogP contribution >= 0.6 is 11.6 Å². The first-order valence-electron chi connectivity index (χ1n) is 10.1. The predicted octanol–water partition coefficient (Wildman–Crippen LogP) is 2.67. The quantitative estimate of drug-likeness (QED) is 0.661. The minimum Gasteiger partial charge on any atom is -0.355 e. The maximum absolute atomic E-state index is 11.7. The van der Waals surface area contributed by atoms with Crippen LogP contribution in [0.15, 0.2) is 41.5 Å². The smallest absolute Gasteiger partial charge is 0.228 e. The molecule has 9 heteroatoms. The third kappa shape index (κ3) is 3.70. The number of anilines is 1. The number of rotatable bonds is 2. The number of benzene rings is 1. The highest BCUT2D eigenvalue weighted by Crippen LogP contribution is 2.30. The standard InChI is InChI=1S/C21H22ClN7O/c22-15-13-24-18(12-14(15)20-25-16-4-1-2-5-17(16)26-20)28-8-3-9-29(11-10-28)21-23-7-6-19(30)27-21/h1-2,4-5,12-13H,3,6-11H2,(H,25,26)(H,23,27,30). The molecule has 1 saturated heterocycles. The number of nitrogens with zero attached hydrogens (tertiary/aromatic N) is 5. The van der Waals surface area contributed by atoms with Crippen molar-refractivity contribution < 1.29 is 4.79 Å². The number of pyridine rings is 1. The lowest BCUT2D eigenvalue weighted by atomic mass is 10.2. The summed E-state index contributed by atoms with van der Waals surface area (Å²) in [5.74, 6) is 2.34. The van der Waals surface area contributed by atoms with Crippen LogP contribution in [0.1, 0.15) is 12.8 Å². The molecule has 1 fully saturated rings. The number of carbonyl (C=O) groups is 1. The van der Waals surface area contributed by atoms with E-state index in [1.165, 1.54) is 0 Å². The zero-order chi connectivity index (χ0) is 20.5. The van der Waals surface area contributed by atoms with Crippen LogP contribution in [-0.4, -0.2) is 64.4 Å². The van der Waals surface area contributed by atoms with Crippen molar-refractivity contribution in [3.8, 4) is 11.4 Å². The monoisotopic (exact) mass is 423 g/mol. The van der Waals surface area contributed by atoms with E-state index in [0.29, 0.717) is 23.9 Å². The van der Waals surface area contributed by atoms with E-state index in [-0.39, 0.29) is 5.91 Å². The number of hydrogen-bond acceptors (Lipinski definition) is 6. The van der Waals surface area contributed by atoms with Crippen LogP contribution in [0.3, 0.4) is 0 Å². The Bertz CT molecular complexity index is 1090. The Labute approximate surface area is 179 Å². The molecule has 0 aliphatic carbocycles. The van der Waals surface area contributed by atoms with Crippen molar-refractivity contribution in [2.24, 2.45) is 4.99 Å². The summed E-state index contributed by atoms with van der Waals surface area (Å²) in [5.41, 5.74) is 2.72. The van der Waals surface area contributed by atoms with Crippen molar-refractivity contribution in [1.82, 2.24) is 25.2 Å². The fraction of sp³-hybridized carbons (Fsp3) is 0.333. The lowest BCUT2D eigenvalue weighted by Crippen LogP contribution is -2.48. The molecule has 1 aromatic carbocycles. The number of H-pyrrole nitrogens is 1. The van der Waals surface area contributed by atoms with E-state index < -0.39 is 0 Å². The number of halogens is 1. The Kier molecular flexibility index (Phi) is 5.00. The zero-order valence-corrected chi connectivity index (χ0v) is 17.2. The topological polar surface area (TPSA) is 89.5 Å². The summed E-state index contributed by atoms with van der Waals surface area (Å²) in [4.78, 5) is 33.2. The maximum Gasteiger partial charge on any atom is 0.228 e. The van der Waals surface area contributed by atoms with Crippen molar-refractivity contribution in [2.75, 3.05) is 37.6 Å². The summed E-state index contributed by atoms with van der Waals surface area (Å²) in [7, 11) is 0. The lowest BCUT2D eigenvalue weighted by Gasteiger charge is -2.27.